The molecule has 0 aliphatic heterocycles. The molecule has 0 bridgehead atoms. The van der Waals surface area contributed by atoms with Crippen molar-refractivity contribution in [1.29, 1.82) is 0 Å². The molecule has 1 aliphatic rings. The molecule has 0 unspecified atom stereocenters. The van der Waals surface area contributed by atoms with Crippen LogP contribution in [-0.4, -0.2) is 14.5 Å². The van der Waals surface area contributed by atoms with Crippen molar-refractivity contribution in [3.05, 3.63) is 22.6 Å². The van der Waals surface area contributed by atoms with E-state index in [-0.39, 0.29) is 5.82 Å². The minimum absolute atomic E-state index is 0.0528. The SMILES string of the molecule is O=[N+]([O-])c1cn(CC2CCCC2)cn1. The second-order valence-electron chi connectivity index (χ2n) is 3.84. The highest BCUT2D eigenvalue weighted by Crippen LogP contribution is 2.26. The Labute approximate surface area is 81.9 Å². The third-order valence-electron chi connectivity index (χ3n) is 2.75. The zero-order chi connectivity index (χ0) is 9.97. The molecular weight excluding hydrogens is 182 g/mol. The summed E-state index contributed by atoms with van der Waals surface area (Å²) >= 11 is 0. The average molecular weight is 195 g/mol. The van der Waals surface area contributed by atoms with Gasteiger partial charge >= 0.3 is 5.82 Å². The molecule has 0 atom stereocenters. The highest BCUT2D eigenvalue weighted by atomic mass is 16.6. The van der Waals surface area contributed by atoms with Gasteiger partial charge in [-0.1, -0.05) is 12.8 Å². The maximum atomic E-state index is 10.4. The molecule has 0 radical (unpaired) electrons. The fraction of sp³-hybridized carbons (Fsp3) is 0.667. The van der Waals surface area contributed by atoms with E-state index < -0.39 is 4.92 Å². The molecule has 1 aromatic heterocycles. The molecule has 0 aromatic carbocycles. The third kappa shape index (κ3) is 1.92. The summed E-state index contributed by atoms with van der Waals surface area (Å²) in [5.74, 6) is 0.631. The summed E-state index contributed by atoms with van der Waals surface area (Å²) in [6.07, 6.45) is 8.13. The summed E-state index contributed by atoms with van der Waals surface area (Å²) in [6.45, 7) is 0.876. The molecule has 2 rings (SSSR count). The Bertz CT molecular complexity index is 329. The number of nitrogens with zero attached hydrogens (tertiary/aromatic N) is 3. The molecule has 0 spiro atoms. The molecule has 0 amide bonds. The van der Waals surface area contributed by atoms with Crippen LogP contribution in [0.5, 0.6) is 0 Å². The number of hydrogen-bond acceptors (Lipinski definition) is 3. The van der Waals surface area contributed by atoms with Gasteiger partial charge in [-0.3, -0.25) is 0 Å². The van der Waals surface area contributed by atoms with Gasteiger partial charge < -0.3 is 14.7 Å². The zero-order valence-corrected chi connectivity index (χ0v) is 7.93. The van der Waals surface area contributed by atoms with Crippen LogP contribution in [0.3, 0.4) is 0 Å². The summed E-state index contributed by atoms with van der Waals surface area (Å²) in [7, 11) is 0. The predicted molar refractivity (Wildman–Crippen MR) is 50.8 cm³/mol. The normalized spacial score (nSPS) is 17.4. The molecule has 1 aromatic rings. The van der Waals surface area contributed by atoms with E-state index in [2.05, 4.69) is 4.98 Å². The van der Waals surface area contributed by atoms with Crippen molar-refractivity contribution in [2.24, 2.45) is 5.92 Å². The molecule has 76 valence electrons. The first kappa shape index (κ1) is 9.18. The topological polar surface area (TPSA) is 61.0 Å². The van der Waals surface area contributed by atoms with Crippen LogP contribution >= 0.6 is 0 Å². The summed E-state index contributed by atoms with van der Waals surface area (Å²) in [4.78, 5) is 13.6. The number of aromatic nitrogens is 2. The van der Waals surface area contributed by atoms with Crippen LogP contribution in [0.25, 0.3) is 0 Å². The predicted octanol–water partition coefficient (Wildman–Crippen LogP) is 1.98. The van der Waals surface area contributed by atoms with Crippen LogP contribution in [0.1, 0.15) is 25.7 Å². The number of imidazole rings is 1. The molecule has 0 saturated heterocycles. The van der Waals surface area contributed by atoms with Crippen LogP contribution in [0.4, 0.5) is 5.82 Å². The van der Waals surface area contributed by atoms with Gasteiger partial charge in [0.25, 0.3) is 0 Å². The zero-order valence-electron chi connectivity index (χ0n) is 7.93. The molecule has 14 heavy (non-hydrogen) atoms. The number of nitro groups is 1. The second-order valence-corrected chi connectivity index (χ2v) is 3.84. The minimum Gasteiger partial charge on any atom is -0.358 e. The first-order chi connectivity index (χ1) is 6.75. The number of rotatable bonds is 3. The fourth-order valence-corrected chi connectivity index (χ4v) is 2.03. The molecule has 5 heteroatoms. The van der Waals surface area contributed by atoms with Crippen LogP contribution in [0.2, 0.25) is 0 Å². The Balaban J connectivity index is 1.98. The Morgan fingerprint density at radius 2 is 2.29 bits per heavy atom. The summed E-state index contributed by atoms with van der Waals surface area (Å²) < 4.78 is 1.83. The summed E-state index contributed by atoms with van der Waals surface area (Å²) in [6, 6.07) is 0. The van der Waals surface area contributed by atoms with Gasteiger partial charge in [0.1, 0.15) is 6.20 Å². The fourth-order valence-electron chi connectivity index (χ4n) is 2.03. The highest BCUT2D eigenvalue weighted by molar-refractivity contribution is 5.12. The minimum atomic E-state index is -0.453. The van der Waals surface area contributed by atoms with Crippen molar-refractivity contribution >= 4 is 5.82 Å². The highest BCUT2D eigenvalue weighted by Gasteiger charge is 2.17. The molecule has 5 nitrogen and oxygen atoms in total. The van der Waals surface area contributed by atoms with E-state index >= 15 is 0 Å². The van der Waals surface area contributed by atoms with E-state index in [1.54, 1.807) is 6.33 Å². The van der Waals surface area contributed by atoms with Gasteiger partial charge in [0.2, 0.25) is 6.33 Å². The first-order valence-corrected chi connectivity index (χ1v) is 4.92. The average Bonchev–Trinajstić information content (AvgIpc) is 2.75. The van der Waals surface area contributed by atoms with Gasteiger partial charge in [-0.25, -0.2) is 0 Å². The van der Waals surface area contributed by atoms with E-state index in [0.29, 0.717) is 5.92 Å². The van der Waals surface area contributed by atoms with E-state index in [4.69, 9.17) is 0 Å². The van der Waals surface area contributed by atoms with E-state index in [1.807, 2.05) is 4.57 Å². The lowest BCUT2D eigenvalue weighted by Crippen LogP contribution is -2.04. The molecule has 1 aliphatic carbocycles. The first-order valence-electron chi connectivity index (χ1n) is 4.92. The Hall–Kier alpha value is -1.39. The Morgan fingerprint density at radius 3 is 2.86 bits per heavy atom. The van der Waals surface area contributed by atoms with E-state index in [0.717, 1.165) is 6.54 Å². The van der Waals surface area contributed by atoms with Gasteiger partial charge in [-0.05, 0) is 28.7 Å². The van der Waals surface area contributed by atoms with Crippen molar-refractivity contribution in [2.45, 2.75) is 32.2 Å². The Morgan fingerprint density at radius 1 is 1.57 bits per heavy atom. The largest absolute Gasteiger partial charge is 0.381 e. The van der Waals surface area contributed by atoms with Crippen LogP contribution < -0.4 is 0 Å². The maximum absolute atomic E-state index is 10.4. The molecule has 0 N–H and O–H groups in total. The van der Waals surface area contributed by atoms with Crippen LogP contribution in [0, 0.1) is 16.0 Å². The molecule has 1 saturated carbocycles. The summed E-state index contributed by atoms with van der Waals surface area (Å²) in [5, 5.41) is 10.4. The maximum Gasteiger partial charge on any atom is 0.381 e. The lowest BCUT2D eigenvalue weighted by atomic mass is 10.1. The van der Waals surface area contributed by atoms with Crippen molar-refractivity contribution in [3.63, 3.8) is 0 Å². The second kappa shape index (κ2) is 3.77. The number of hydrogen-bond donors (Lipinski definition) is 0. The standard InChI is InChI=1S/C9H13N3O2/c13-12(14)9-6-11(7-10-9)5-8-3-1-2-4-8/h6-8H,1-5H2. The van der Waals surface area contributed by atoms with Gasteiger partial charge in [0, 0.05) is 6.54 Å². The lowest BCUT2D eigenvalue weighted by molar-refractivity contribution is -0.389. The van der Waals surface area contributed by atoms with Crippen molar-refractivity contribution in [1.82, 2.24) is 9.55 Å². The lowest BCUT2D eigenvalue weighted by Gasteiger charge is -2.07. The Kier molecular flexibility index (Phi) is 2.47. The van der Waals surface area contributed by atoms with Gasteiger partial charge in [-0.2, -0.15) is 0 Å². The van der Waals surface area contributed by atoms with Crippen molar-refractivity contribution in [2.75, 3.05) is 0 Å². The molecule has 1 heterocycles. The quantitative estimate of drug-likeness (QED) is 0.547. The van der Waals surface area contributed by atoms with Gasteiger partial charge in [0.15, 0.2) is 0 Å². The van der Waals surface area contributed by atoms with Crippen molar-refractivity contribution in [3.8, 4) is 0 Å². The summed E-state index contributed by atoms with van der Waals surface area (Å²) in [5.41, 5.74) is 0. The van der Waals surface area contributed by atoms with Crippen LogP contribution in [0.15, 0.2) is 12.5 Å². The molecule has 1 fully saturated rings. The van der Waals surface area contributed by atoms with Crippen LogP contribution in [-0.2, 0) is 6.54 Å². The van der Waals surface area contributed by atoms with Crippen molar-refractivity contribution < 1.29 is 4.92 Å². The van der Waals surface area contributed by atoms with Gasteiger partial charge in [-0.15, -0.1) is 0 Å². The van der Waals surface area contributed by atoms with E-state index in [1.165, 1.54) is 31.9 Å². The smallest absolute Gasteiger partial charge is 0.358 e. The van der Waals surface area contributed by atoms with Gasteiger partial charge in [0.05, 0.1) is 0 Å². The molecular formula is C9H13N3O2. The monoisotopic (exact) mass is 195 g/mol. The van der Waals surface area contributed by atoms with E-state index in [9.17, 15) is 10.1 Å². The third-order valence-corrected chi connectivity index (χ3v) is 2.75.